The minimum Gasteiger partial charge on any atom is -0.392 e. The van der Waals surface area contributed by atoms with Crippen LogP contribution >= 0.6 is 0 Å². The Labute approximate surface area is 148 Å². The molecule has 2 saturated heterocycles. The minimum absolute atomic E-state index is 0.0871. The first-order valence-electron chi connectivity index (χ1n) is 8.71. The Bertz CT molecular complexity index is 687. The molecule has 2 atom stereocenters. The van der Waals surface area contributed by atoms with Gasteiger partial charge in [-0.15, -0.1) is 0 Å². The molecule has 1 amide bonds. The normalized spacial score (nSPS) is 25.8. The largest absolute Gasteiger partial charge is 0.392 e. The lowest BCUT2D eigenvalue weighted by Gasteiger charge is -2.31. The van der Waals surface area contributed by atoms with Gasteiger partial charge in [-0.1, -0.05) is 18.2 Å². The van der Waals surface area contributed by atoms with E-state index in [1.54, 1.807) is 30.3 Å². The molecule has 0 radical (unpaired) electrons. The molecule has 0 aromatic heterocycles. The number of aliphatic hydroxyl groups excluding tert-OH is 1. The highest BCUT2D eigenvalue weighted by Crippen LogP contribution is 2.23. The van der Waals surface area contributed by atoms with E-state index < -0.39 is 16.1 Å². The van der Waals surface area contributed by atoms with Crippen LogP contribution in [0, 0.1) is 5.92 Å². The van der Waals surface area contributed by atoms with Crippen LogP contribution in [0.4, 0.5) is 0 Å². The van der Waals surface area contributed by atoms with E-state index in [4.69, 9.17) is 0 Å². The number of benzene rings is 1. The summed E-state index contributed by atoms with van der Waals surface area (Å²) in [5, 5.41) is 15.4. The highest BCUT2D eigenvalue weighted by molar-refractivity contribution is 7.89. The Morgan fingerprint density at radius 3 is 2.52 bits per heavy atom. The Hall–Kier alpha value is -1.48. The summed E-state index contributed by atoms with van der Waals surface area (Å²) in [6.45, 7) is 1.94. The molecule has 0 bridgehead atoms. The van der Waals surface area contributed by atoms with E-state index in [0.29, 0.717) is 37.5 Å². The van der Waals surface area contributed by atoms with Gasteiger partial charge < -0.3 is 15.7 Å². The van der Waals surface area contributed by atoms with Crippen LogP contribution in [-0.4, -0.2) is 62.1 Å². The van der Waals surface area contributed by atoms with E-state index in [-0.39, 0.29) is 17.9 Å². The standard InChI is InChI=1S/C17H25N3O4S/c21-14-10-16(18-12-14)17(22)19-11-13-6-8-20(9-7-13)25(23,24)15-4-2-1-3-5-15/h1-5,13-14,16,18,21H,6-12H2,(H,19,22). The highest BCUT2D eigenvalue weighted by atomic mass is 32.2. The van der Waals surface area contributed by atoms with Gasteiger partial charge in [0.15, 0.2) is 0 Å². The van der Waals surface area contributed by atoms with Crippen molar-refractivity contribution < 1.29 is 18.3 Å². The molecular weight excluding hydrogens is 342 g/mol. The van der Waals surface area contributed by atoms with E-state index in [1.165, 1.54) is 4.31 Å². The van der Waals surface area contributed by atoms with E-state index >= 15 is 0 Å². The SMILES string of the molecule is O=C(NCC1CCN(S(=O)(=O)c2ccccc2)CC1)C1CC(O)CN1. The fraction of sp³-hybridized carbons (Fsp3) is 0.588. The molecule has 1 aromatic carbocycles. The summed E-state index contributed by atoms with van der Waals surface area (Å²) in [4.78, 5) is 12.4. The molecule has 2 heterocycles. The maximum atomic E-state index is 12.6. The smallest absolute Gasteiger partial charge is 0.243 e. The van der Waals surface area contributed by atoms with Crippen molar-refractivity contribution in [3.05, 3.63) is 30.3 Å². The zero-order valence-electron chi connectivity index (χ0n) is 14.1. The molecule has 2 aliphatic heterocycles. The molecule has 7 nitrogen and oxygen atoms in total. The van der Waals surface area contributed by atoms with Gasteiger partial charge in [0.05, 0.1) is 17.0 Å². The van der Waals surface area contributed by atoms with Gasteiger partial charge in [-0.25, -0.2) is 8.42 Å². The Morgan fingerprint density at radius 2 is 1.92 bits per heavy atom. The Morgan fingerprint density at radius 1 is 1.24 bits per heavy atom. The predicted octanol–water partition coefficient (Wildman–Crippen LogP) is -0.0737. The number of nitrogens with one attached hydrogen (secondary N) is 2. The number of β-amino-alcohol motifs (C(OH)–C–C–N with tert-alkyl or cyclic N) is 1. The molecule has 0 spiro atoms. The van der Waals surface area contributed by atoms with Gasteiger partial charge in [-0.05, 0) is 37.3 Å². The molecular formula is C17H25N3O4S. The second-order valence-electron chi connectivity index (χ2n) is 6.76. The number of rotatable bonds is 5. The maximum Gasteiger partial charge on any atom is 0.243 e. The summed E-state index contributed by atoms with van der Waals surface area (Å²) in [6, 6.07) is 8.15. The molecule has 2 aliphatic rings. The zero-order valence-corrected chi connectivity index (χ0v) is 14.9. The van der Waals surface area contributed by atoms with Gasteiger partial charge in [0.25, 0.3) is 0 Å². The van der Waals surface area contributed by atoms with Crippen molar-refractivity contribution in [1.82, 2.24) is 14.9 Å². The van der Waals surface area contributed by atoms with Crippen molar-refractivity contribution in [2.45, 2.75) is 36.3 Å². The van der Waals surface area contributed by atoms with Crippen LogP contribution in [0.1, 0.15) is 19.3 Å². The van der Waals surface area contributed by atoms with Gasteiger partial charge >= 0.3 is 0 Å². The third kappa shape index (κ3) is 4.38. The molecule has 138 valence electrons. The number of carbonyl (C=O) groups excluding carboxylic acids is 1. The van der Waals surface area contributed by atoms with Crippen LogP contribution in [0.25, 0.3) is 0 Å². The van der Waals surface area contributed by atoms with Crippen molar-refractivity contribution in [2.75, 3.05) is 26.2 Å². The van der Waals surface area contributed by atoms with Crippen LogP contribution in [0.5, 0.6) is 0 Å². The number of hydrogen-bond acceptors (Lipinski definition) is 5. The second kappa shape index (κ2) is 7.82. The number of carbonyl (C=O) groups is 1. The summed E-state index contributed by atoms with van der Waals surface area (Å²) >= 11 is 0. The van der Waals surface area contributed by atoms with E-state index in [9.17, 15) is 18.3 Å². The monoisotopic (exact) mass is 367 g/mol. The summed E-state index contributed by atoms with van der Waals surface area (Å²) in [5.41, 5.74) is 0. The van der Waals surface area contributed by atoms with E-state index in [2.05, 4.69) is 10.6 Å². The molecule has 3 rings (SSSR count). The van der Waals surface area contributed by atoms with E-state index in [0.717, 1.165) is 12.8 Å². The summed E-state index contributed by atoms with van der Waals surface area (Å²) < 4.78 is 26.7. The predicted molar refractivity (Wildman–Crippen MR) is 93.3 cm³/mol. The molecule has 2 fully saturated rings. The first-order chi connectivity index (χ1) is 12.0. The van der Waals surface area contributed by atoms with Gasteiger partial charge in [-0.2, -0.15) is 4.31 Å². The first kappa shape index (κ1) is 18.3. The fourth-order valence-corrected chi connectivity index (χ4v) is 4.87. The quantitative estimate of drug-likeness (QED) is 0.676. The summed E-state index contributed by atoms with van der Waals surface area (Å²) in [7, 11) is -3.43. The molecule has 25 heavy (non-hydrogen) atoms. The third-order valence-electron chi connectivity index (χ3n) is 4.94. The van der Waals surface area contributed by atoms with Crippen molar-refractivity contribution in [1.29, 1.82) is 0 Å². The van der Waals surface area contributed by atoms with Crippen LogP contribution in [-0.2, 0) is 14.8 Å². The van der Waals surface area contributed by atoms with Gasteiger partial charge in [0, 0.05) is 26.2 Å². The topological polar surface area (TPSA) is 98.7 Å². The van der Waals surface area contributed by atoms with Crippen molar-refractivity contribution >= 4 is 15.9 Å². The van der Waals surface area contributed by atoms with Crippen molar-refractivity contribution in [3.63, 3.8) is 0 Å². The lowest BCUT2D eigenvalue weighted by atomic mass is 9.98. The Kier molecular flexibility index (Phi) is 5.73. The number of nitrogens with zero attached hydrogens (tertiary/aromatic N) is 1. The molecule has 2 unspecified atom stereocenters. The van der Waals surface area contributed by atoms with Gasteiger partial charge in [-0.3, -0.25) is 4.79 Å². The van der Waals surface area contributed by atoms with Crippen molar-refractivity contribution in [2.24, 2.45) is 5.92 Å². The molecule has 0 aliphatic carbocycles. The molecule has 1 aromatic rings. The molecule has 0 saturated carbocycles. The van der Waals surface area contributed by atoms with Crippen LogP contribution < -0.4 is 10.6 Å². The average molecular weight is 367 g/mol. The maximum absolute atomic E-state index is 12.6. The van der Waals surface area contributed by atoms with Crippen LogP contribution in [0.3, 0.4) is 0 Å². The number of piperidine rings is 1. The second-order valence-corrected chi connectivity index (χ2v) is 8.69. The van der Waals surface area contributed by atoms with Crippen LogP contribution in [0.15, 0.2) is 35.2 Å². The number of aliphatic hydroxyl groups is 1. The Balaban J connectivity index is 1.47. The van der Waals surface area contributed by atoms with Gasteiger partial charge in [0.2, 0.25) is 15.9 Å². The van der Waals surface area contributed by atoms with Gasteiger partial charge in [0.1, 0.15) is 0 Å². The lowest BCUT2D eigenvalue weighted by Crippen LogP contribution is -2.45. The summed E-state index contributed by atoms with van der Waals surface area (Å²) in [6.07, 6.45) is 1.45. The zero-order chi connectivity index (χ0) is 17.9. The average Bonchev–Trinajstić information content (AvgIpc) is 3.07. The number of amides is 1. The first-order valence-corrected chi connectivity index (χ1v) is 10.1. The minimum atomic E-state index is -3.43. The highest BCUT2D eigenvalue weighted by Gasteiger charge is 2.31. The lowest BCUT2D eigenvalue weighted by molar-refractivity contribution is -0.123. The van der Waals surface area contributed by atoms with Crippen LogP contribution in [0.2, 0.25) is 0 Å². The number of hydrogen-bond donors (Lipinski definition) is 3. The molecule has 8 heteroatoms. The third-order valence-corrected chi connectivity index (χ3v) is 6.86. The van der Waals surface area contributed by atoms with Crippen molar-refractivity contribution in [3.8, 4) is 0 Å². The number of sulfonamides is 1. The molecule has 3 N–H and O–H groups in total. The fourth-order valence-electron chi connectivity index (χ4n) is 3.38. The summed E-state index contributed by atoms with van der Waals surface area (Å²) in [5.74, 6) is 0.188. The van der Waals surface area contributed by atoms with E-state index in [1.807, 2.05) is 0 Å².